The van der Waals surface area contributed by atoms with Crippen molar-refractivity contribution in [2.45, 2.75) is 31.2 Å². The van der Waals surface area contributed by atoms with E-state index in [0.717, 1.165) is 11.3 Å². The van der Waals surface area contributed by atoms with E-state index < -0.39 is 11.3 Å². The zero-order valence-corrected chi connectivity index (χ0v) is 14.1. The highest BCUT2D eigenvalue weighted by atomic mass is 32.2. The summed E-state index contributed by atoms with van der Waals surface area (Å²) in [6.45, 7) is 5.96. The lowest BCUT2D eigenvalue weighted by molar-refractivity contribution is -0.119. The highest BCUT2D eigenvalue weighted by Crippen LogP contribution is 2.25. The Morgan fingerprint density at radius 2 is 2.09 bits per heavy atom. The number of para-hydroxylation sites is 1. The van der Waals surface area contributed by atoms with Crippen LogP contribution < -0.4 is 10.6 Å². The number of aryl methyl sites for hydroxylation is 1. The molecule has 1 heterocycles. The summed E-state index contributed by atoms with van der Waals surface area (Å²) in [6, 6.07) is 7.35. The lowest BCUT2D eigenvalue weighted by atomic mass is 10.2. The molecular weight excluding hydrogens is 314 g/mol. The van der Waals surface area contributed by atoms with E-state index in [9.17, 15) is 9.59 Å². The highest BCUT2D eigenvalue weighted by Gasteiger charge is 2.20. The molecule has 0 radical (unpaired) electrons. The van der Waals surface area contributed by atoms with Crippen LogP contribution in [0.15, 0.2) is 35.7 Å². The Balaban J connectivity index is 2.10. The third-order valence-electron chi connectivity index (χ3n) is 3.12. The predicted octanol–water partition coefficient (Wildman–Crippen LogP) is 1.90. The summed E-state index contributed by atoms with van der Waals surface area (Å²) in [5.74, 6) is -0.375. The van der Waals surface area contributed by atoms with Crippen LogP contribution in [0.1, 0.15) is 19.4 Å². The van der Waals surface area contributed by atoms with Crippen LogP contribution in [0.4, 0.5) is 4.79 Å². The number of rotatable bonds is 5. The van der Waals surface area contributed by atoms with Crippen molar-refractivity contribution in [2.24, 2.45) is 0 Å². The van der Waals surface area contributed by atoms with Gasteiger partial charge in [-0.2, -0.15) is 0 Å². The van der Waals surface area contributed by atoms with Crippen LogP contribution in [0.25, 0.3) is 5.69 Å². The second kappa shape index (κ2) is 7.77. The van der Waals surface area contributed by atoms with Crippen LogP contribution in [0.3, 0.4) is 0 Å². The van der Waals surface area contributed by atoms with E-state index in [2.05, 4.69) is 20.8 Å². The van der Waals surface area contributed by atoms with E-state index in [-0.39, 0.29) is 5.91 Å². The summed E-state index contributed by atoms with van der Waals surface area (Å²) in [4.78, 5) is 23.4. The van der Waals surface area contributed by atoms with Crippen molar-refractivity contribution in [3.63, 3.8) is 0 Å². The lowest BCUT2D eigenvalue weighted by Gasteiger charge is -2.13. The number of benzene rings is 1. The average molecular weight is 333 g/mol. The Bertz CT molecular complexity index is 701. The Morgan fingerprint density at radius 3 is 2.78 bits per heavy atom. The Kier molecular flexibility index (Phi) is 5.75. The third kappa shape index (κ3) is 4.32. The van der Waals surface area contributed by atoms with Gasteiger partial charge in [-0.15, -0.1) is 10.2 Å². The number of aromatic nitrogens is 3. The summed E-state index contributed by atoms with van der Waals surface area (Å²) >= 11 is 1.25. The number of carbonyl (C=O) groups excluding carboxylic acids is 2. The van der Waals surface area contributed by atoms with Crippen molar-refractivity contribution in [1.82, 2.24) is 25.4 Å². The molecular formula is C15H19N5O2S. The molecule has 23 heavy (non-hydrogen) atoms. The number of amides is 3. The maximum atomic E-state index is 12.0. The van der Waals surface area contributed by atoms with Gasteiger partial charge in [0, 0.05) is 6.54 Å². The van der Waals surface area contributed by atoms with Gasteiger partial charge in [0.15, 0.2) is 5.16 Å². The van der Waals surface area contributed by atoms with Crippen molar-refractivity contribution in [3.05, 3.63) is 36.2 Å². The summed E-state index contributed by atoms with van der Waals surface area (Å²) in [5, 5.41) is 12.9. The van der Waals surface area contributed by atoms with E-state index in [1.165, 1.54) is 11.8 Å². The van der Waals surface area contributed by atoms with E-state index >= 15 is 0 Å². The summed E-state index contributed by atoms with van der Waals surface area (Å²) in [6.07, 6.45) is 1.61. The van der Waals surface area contributed by atoms with E-state index in [4.69, 9.17) is 0 Å². The van der Waals surface area contributed by atoms with Gasteiger partial charge in [0.05, 0.1) is 10.9 Å². The van der Waals surface area contributed by atoms with Crippen LogP contribution in [0, 0.1) is 6.92 Å². The first-order chi connectivity index (χ1) is 11.0. The quantitative estimate of drug-likeness (QED) is 0.816. The lowest BCUT2D eigenvalue weighted by Crippen LogP contribution is -2.42. The van der Waals surface area contributed by atoms with E-state index in [1.807, 2.05) is 35.8 Å². The number of thioether (sulfide) groups is 1. The number of imide groups is 1. The molecule has 0 saturated heterocycles. The van der Waals surface area contributed by atoms with Crippen LogP contribution in [0.5, 0.6) is 0 Å². The van der Waals surface area contributed by atoms with Crippen molar-refractivity contribution >= 4 is 23.7 Å². The first-order valence-corrected chi connectivity index (χ1v) is 8.12. The second-order valence-electron chi connectivity index (χ2n) is 4.88. The fourth-order valence-corrected chi connectivity index (χ4v) is 2.77. The van der Waals surface area contributed by atoms with Gasteiger partial charge in [0.1, 0.15) is 6.33 Å². The topological polar surface area (TPSA) is 88.9 Å². The van der Waals surface area contributed by atoms with E-state index in [0.29, 0.717) is 11.7 Å². The molecule has 122 valence electrons. The molecule has 2 aromatic rings. The van der Waals surface area contributed by atoms with Gasteiger partial charge in [-0.25, -0.2) is 4.79 Å². The molecule has 7 nitrogen and oxygen atoms in total. The van der Waals surface area contributed by atoms with Gasteiger partial charge >= 0.3 is 6.03 Å². The molecule has 0 bridgehead atoms. The number of urea groups is 1. The monoisotopic (exact) mass is 333 g/mol. The van der Waals surface area contributed by atoms with Crippen molar-refractivity contribution < 1.29 is 9.59 Å². The first-order valence-electron chi connectivity index (χ1n) is 7.24. The van der Waals surface area contributed by atoms with Gasteiger partial charge in [-0.3, -0.25) is 14.7 Å². The third-order valence-corrected chi connectivity index (χ3v) is 4.17. The SMILES string of the molecule is CCNC(=O)NC(=O)C(C)Sc1nncn1-c1ccccc1C. The van der Waals surface area contributed by atoms with Crippen molar-refractivity contribution in [1.29, 1.82) is 0 Å². The number of nitrogens with zero attached hydrogens (tertiary/aromatic N) is 3. The molecule has 2 N–H and O–H groups in total. The van der Waals surface area contributed by atoms with E-state index in [1.54, 1.807) is 20.2 Å². The summed E-state index contributed by atoms with van der Waals surface area (Å²) < 4.78 is 1.83. The normalized spacial score (nSPS) is 11.8. The first kappa shape index (κ1) is 17.0. The fraction of sp³-hybridized carbons (Fsp3) is 0.333. The molecule has 0 aliphatic heterocycles. The Labute approximate surface area is 138 Å². The number of carbonyl (C=O) groups is 2. The van der Waals surface area contributed by atoms with Gasteiger partial charge in [0.2, 0.25) is 5.91 Å². The zero-order chi connectivity index (χ0) is 16.8. The van der Waals surface area contributed by atoms with Gasteiger partial charge in [-0.05, 0) is 32.4 Å². The van der Waals surface area contributed by atoms with Gasteiger partial charge in [-0.1, -0.05) is 30.0 Å². The van der Waals surface area contributed by atoms with Gasteiger partial charge in [0.25, 0.3) is 0 Å². The Hall–Kier alpha value is -2.35. The van der Waals surface area contributed by atoms with Crippen LogP contribution in [-0.2, 0) is 4.79 Å². The standard InChI is InChI=1S/C15H19N5O2S/c1-4-16-14(22)18-13(21)11(3)23-15-19-17-9-20(15)12-8-6-5-7-10(12)2/h5-9,11H,4H2,1-3H3,(H2,16,18,21,22). The zero-order valence-electron chi connectivity index (χ0n) is 13.2. The van der Waals surface area contributed by atoms with Crippen molar-refractivity contribution in [2.75, 3.05) is 6.54 Å². The van der Waals surface area contributed by atoms with Crippen LogP contribution >= 0.6 is 11.8 Å². The van der Waals surface area contributed by atoms with Gasteiger partial charge < -0.3 is 5.32 Å². The Morgan fingerprint density at radius 1 is 1.35 bits per heavy atom. The maximum absolute atomic E-state index is 12.0. The maximum Gasteiger partial charge on any atom is 0.321 e. The molecule has 8 heteroatoms. The smallest absolute Gasteiger partial charge is 0.321 e. The molecule has 0 spiro atoms. The summed E-state index contributed by atoms with van der Waals surface area (Å²) in [7, 11) is 0. The molecule has 0 aliphatic carbocycles. The molecule has 1 aromatic heterocycles. The molecule has 1 atom stereocenters. The molecule has 0 aliphatic rings. The molecule has 3 amide bonds. The number of hydrogen-bond acceptors (Lipinski definition) is 5. The molecule has 1 aromatic carbocycles. The summed E-state index contributed by atoms with van der Waals surface area (Å²) in [5.41, 5.74) is 2.03. The van der Waals surface area contributed by atoms with Crippen LogP contribution in [0.2, 0.25) is 0 Å². The number of nitrogens with one attached hydrogen (secondary N) is 2. The molecule has 1 unspecified atom stereocenters. The highest BCUT2D eigenvalue weighted by molar-refractivity contribution is 8.00. The molecule has 0 saturated carbocycles. The molecule has 0 fully saturated rings. The minimum absolute atomic E-state index is 0.375. The number of hydrogen-bond donors (Lipinski definition) is 2. The minimum Gasteiger partial charge on any atom is -0.338 e. The molecule has 2 rings (SSSR count). The van der Waals surface area contributed by atoms with Crippen LogP contribution in [-0.4, -0.2) is 38.5 Å². The average Bonchev–Trinajstić information content (AvgIpc) is 2.95. The van der Waals surface area contributed by atoms with Crippen molar-refractivity contribution in [3.8, 4) is 5.69 Å². The fourth-order valence-electron chi connectivity index (χ4n) is 1.93. The predicted molar refractivity (Wildman–Crippen MR) is 88.6 cm³/mol. The second-order valence-corrected chi connectivity index (χ2v) is 6.19. The largest absolute Gasteiger partial charge is 0.338 e. The minimum atomic E-state index is -0.495.